The zero-order valence-electron chi connectivity index (χ0n) is 22.7. The molecule has 1 atom stereocenters. The van der Waals surface area contributed by atoms with Crippen molar-refractivity contribution in [2.45, 2.75) is 19.4 Å². The van der Waals surface area contributed by atoms with E-state index in [2.05, 4.69) is 22.3 Å². The zero-order valence-corrected chi connectivity index (χ0v) is 23.5. The minimum absolute atomic E-state index is 0.00186. The number of carbonyl (C=O) groups is 3. The van der Waals surface area contributed by atoms with Crippen LogP contribution in [0.3, 0.4) is 0 Å². The molecule has 208 valence electrons. The molecule has 1 unspecified atom stereocenters. The number of hydrogen-bond acceptors (Lipinski definition) is 7. The molecule has 6 rings (SSSR count). The smallest absolute Gasteiger partial charge is 0.259 e. The molecule has 3 heterocycles. The number of amides is 3. The lowest BCUT2D eigenvalue weighted by Gasteiger charge is -2.36. The molecule has 0 aliphatic carbocycles. The minimum atomic E-state index is -0.831. The number of benzene rings is 3. The van der Waals surface area contributed by atoms with Crippen LogP contribution in [0.25, 0.3) is 0 Å². The Morgan fingerprint density at radius 1 is 0.951 bits per heavy atom. The summed E-state index contributed by atoms with van der Waals surface area (Å²) in [6.07, 6.45) is -0.00186. The molecular formula is C31H30N6O3S. The summed E-state index contributed by atoms with van der Waals surface area (Å²) in [5.41, 5.74) is 4.33. The molecule has 9 nitrogen and oxygen atoms in total. The van der Waals surface area contributed by atoms with Crippen molar-refractivity contribution >= 4 is 57.5 Å². The van der Waals surface area contributed by atoms with Gasteiger partial charge in [-0.3, -0.25) is 19.4 Å². The molecule has 3 aromatic carbocycles. The monoisotopic (exact) mass is 566 g/mol. The molecule has 0 bridgehead atoms. The van der Waals surface area contributed by atoms with Crippen LogP contribution < -0.4 is 10.2 Å². The van der Waals surface area contributed by atoms with Gasteiger partial charge in [0, 0.05) is 43.1 Å². The van der Waals surface area contributed by atoms with Gasteiger partial charge in [-0.05, 0) is 48.9 Å². The Kier molecular flexibility index (Phi) is 7.56. The highest BCUT2D eigenvalue weighted by Crippen LogP contribution is 2.34. The summed E-state index contributed by atoms with van der Waals surface area (Å²) >= 11 is 1.18. The Hall–Kier alpha value is -4.44. The Morgan fingerprint density at radius 2 is 1.71 bits per heavy atom. The predicted molar refractivity (Wildman–Crippen MR) is 163 cm³/mol. The second kappa shape index (κ2) is 11.6. The number of thioether (sulfide) groups is 1. The third kappa shape index (κ3) is 5.74. The van der Waals surface area contributed by atoms with Crippen molar-refractivity contribution < 1.29 is 14.4 Å². The number of nitrogens with one attached hydrogen (secondary N) is 1. The standard InChI is InChI=1S/C31H30N6O3S/c1-21-8-7-9-22(18-21)32-27(38)20-41-31-34-25-13-6-5-12-24(25)29-33-26(30(40)37(29)31)19-28(39)36-16-14-35(15-17-36)23-10-3-2-4-11-23/h2-13,18,26H,14-17,19-20H2,1H3,(H,32,38). The van der Waals surface area contributed by atoms with E-state index in [0.717, 1.165) is 29.9 Å². The van der Waals surface area contributed by atoms with Crippen LogP contribution in [-0.2, 0) is 14.4 Å². The Bertz CT molecular complexity index is 1550. The van der Waals surface area contributed by atoms with Gasteiger partial charge in [-0.25, -0.2) is 9.89 Å². The lowest BCUT2D eigenvalue weighted by molar-refractivity contribution is -0.135. The fraction of sp³-hybridized carbons (Fsp3) is 0.258. The third-order valence-corrected chi connectivity index (χ3v) is 8.24. The quantitative estimate of drug-likeness (QED) is 0.485. The van der Waals surface area contributed by atoms with Crippen LogP contribution in [0.15, 0.2) is 88.8 Å². The van der Waals surface area contributed by atoms with Gasteiger partial charge in [0.2, 0.25) is 11.8 Å². The Morgan fingerprint density at radius 3 is 2.49 bits per heavy atom. The van der Waals surface area contributed by atoms with E-state index in [9.17, 15) is 14.4 Å². The molecule has 41 heavy (non-hydrogen) atoms. The van der Waals surface area contributed by atoms with Crippen molar-refractivity contribution in [2.24, 2.45) is 9.98 Å². The van der Waals surface area contributed by atoms with Gasteiger partial charge in [-0.1, -0.05) is 54.2 Å². The topological polar surface area (TPSA) is 97.7 Å². The number of rotatable bonds is 6. The lowest BCUT2D eigenvalue weighted by atomic mass is 10.1. The third-order valence-electron chi connectivity index (χ3n) is 7.30. The molecule has 0 aromatic heterocycles. The van der Waals surface area contributed by atoms with E-state index in [1.165, 1.54) is 16.7 Å². The summed E-state index contributed by atoms with van der Waals surface area (Å²) in [6.45, 7) is 4.62. The molecule has 0 spiro atoms. The number of anilines is 2. The number of piperazine rings is 1. The van der Waals surface area contributed by atoms with E-state index >= 15 is 0 Å². The summed E-state index contributed by atoms with van der Waals surface area (Å²) in [5.74, 6) is -0.0303. The fourth-order valence-electron chi connectivity index (χ4n) is 5.23. The number of aryl methyl sites for hydroxylation is 1. The molecule has 3 aliphatic rings. The number of aliphatic imine (C=N–C) groups is 2. The van der Waals surface area contributed by atoms with Gasteiger partial charge in [-0.2, -0.15) is 0 Å². The van der Waals surface area contributed by atoms with Crippen molar-refractivity contribution in [3.05, 3.63) is 90.0 Å². The van der Waals surface area contributed by atoms with E-state index in [1.54, 1.807) is 0 Å². The van der Waals surface area contributed by atoms with E-state index in [-0.39, 0.29) is 29.9 Å². The molecule has 0 radical (unpaired) electrons. The Labute approximate surface area is 243 Å². The number of nitrogens with zero attached hydrogens (tertiary/aromatic N) is 5. The first-order valence-corrected chi connectivity index (χ1v) is 14.6. The molecular weight excluding hydrogens is 536 g/mol. The van der Waals surface area contributed by atoms with Gasteiger partial charge in [0.25, 0.3) is 5.91 Å². The van der Waals surface area contributed by atoms with Crippen molar-refractivity contribution in [1.82, 2.24) is 9.80 Å². The maximum absolute atomic E-state index is 13.6. The highest BCUT2D eigenvalue weighted by molar-refractivity contribution is 8.14. The normalized spacial score (nSPS) is 17.9. The summed E-state index contributed by atoms with van der Waals surface area (Å²) in [4.78, 5) is 54.6. The van der Waals surface area contributed by atoms with Gasteiger partial charge in [0.15, 0.2) is 5.17 Å². The van der Waals surface area contributed by atoms with Crippen LogP contribution in [0.2, 0.25) is 0 Å². The van der Waals surface area contributed by atoms with E-state index in [0.29, 0.717) is 35.5 Å². The number of amidine groups is 2. The summed E-state index contributed by atoms with van der Waals surface area (Å²) in [7, 11) is 0. The molecule has 1 saturated heterocycles. The summed E-state index contributed by atoms with van der Waals surface area (Å²) < 4.78 is 0. The van der Waals surface area contributed by atoms with Crippen LogP contribution in [0.4, 0.5) is 17.1 Å². The van der Waals surface area contributed by atoms with Crippen molar-refractivity contribution in [3.8, 4) is 0 Å². The maximum Gasteiger partial charge on any atom is 0.259 e. The van der Waals surface area contributed by atoms with Crippen LogP contribution in [0.1, 0.15) is 17.5 Å². The first kappa shape index (κ1) is 26.8. The van der Waals surface area contributed by atoms with Gasteiger partial charge in [0.1, 0.15) is 11.9 Å². The highest BCUT2D eigenvalue weighted by Gasteiger charge is 2.42. The SMILES string of the molecule is Cc1cccc(NC(=O)CSC2=Nc3ccccc3C3=NC(CC(=O)N4CCN(c5ccccc5)CC4)C(=O)N23)c1. The molecule has 1 N–H and O–H groups in total. The average Bonchev–Trinajstić information content (AvgIpc) is 3.32. The van der Waals surface area contributed by atoms with E-state index in [1.807, 2.05) is 78.6 Å². The largest absolute Gasteiger partial charge is 0.368 e. The molecule has 10 heteroatoms. The number of carbonyl (C=O) groups excluding carboxylic acids is 3. The fourth-order valence-corrected chi connectivity index (χ4v) is 6.03. The van der Waals surface area contributed by atoms with Crippen molar-refractivity contribution in [1.29, 1.82) is 0 Å². The molecule has 3 aliphatic heterocycles. The van der Waals surface area contributed by atoms with Crippen LogP contribution in [0, 0.1) is 6.92 Å². The summed E-state index contributed by atoms with van der Waals surface area (Å²) in [5, 5.41) is 3.28. The van der Waals surface area contributed by atoms with Crippen LogP contribution in [0.5, 0.6) is 0 Å². The molecule has 3 aromatic rings. The second-order valence-electron chi connectivity index (χ2n) is 10.2. The van der Waals surface area contributed by atoms with Crippen LogP contribution >= 0.6 is 11.8 Å². The molecule has 3 amide bonds. The minimum Gasteiger partial charge on any atom is -0.368 e. The van der Waals surface area contributed by atoms with Gasteiger partial charge in [0.05, 0.1) is 17.9 Å². The Balaban J connectivity index is 1.13. The first-order valence-electron chi connectivity index (χ1n) is 13.6. The zero-order chi connectivity index (χ0) is 28.3. The van der Waals surface area contributed by atoms with Gasteiger partial charge >= 0.3 is 0 Å². The van der Waals surface area contributed by atoms with Crippen molar-refractivity contribution in [2.75, 3.05) is 42.1 Å². The number of para-hydroxylation sites is 2. The van der Waals surface area contributed by atoms with Gasteiger partial charge < -0.3 is 15.1 Å². The molecule has 1 fully saturated rings. The van der Waals surface area contributed by atoms with Gasteiger partial charge in [-0.15, -0.1) is 0 Å². The van der Waals surface area contributed by atoms with Crippen LogP contribution in [-0.4, -0.2) is 76.5 Å². The van der Waals surface area contributed by atoms with E-state index < -0.39 is 6.04 Å². The predicted octanol–water partition coefficient (Wildman–Crippen LogP) is 4.06. The first-order chi connectivity index (χ1) is 20.0. The van der Waals surface area contributed by atoms with Crippen molar-refractivity contribution in [3.63, 3.8) is 0 Å². The maximum atomic E-state index is 13.6. The second-order valence-corrected chi connectivity index (χ2v) is 11.1. The highest BCUT2D eigenvalue weighted by atomic mass is 32.2. The number of fused-ring (bicyclic) bond motifs is 3. The summed E-state index contributed by atoms with van der Waals surface area (Å²) in [6, 6.07) is 24.4. The lowest BCUT2D eigenvalue weighted by Crippen LogP contribution is -2.49. The van der Waals surface area contributed by atoms with E-state index in [4.69, 9.17) is 9.98 Å². The number of hydrogen-bond donors (Lipinski definition) is 1. The average molecular weight is 567 g/mol. The molecule has 0 saturated carbocycles.